The Labute approximate surface area is 177 Å². The predicted octanol–water partition coefficient (Wildman–Crippen LogP) is 5.70. The third-order valence-corrected chi connectivity index (χ3v) is 5.02. The van der Waals surface area contributed by atoms with Crippen molar-refractivity contribution in [1.82, 2.24) is 0 Å². The molecule has 0 fully saturated rings. The van der Waals surface area contributed by atoms with Gasteiger partial charge >= 0.3 is 12.1 Å². The van der Waals surface area contributed by atoms with Crippen molar-refractivity contribution >= 4 is 17.4 Å². The molecule has 3 aromatic rings. The number of hydrogen-bond donors (Lipinski definition) is 0. The summed E-state index contributed by atoms with van der Waals surface area (Å²) in [6.45, 7) is 1.87. The molecule has 4 rings (SSSR count). The third kappa shape index (κ3) is 4.30. The van der Waals surface area contributed by atoms with Crippen molar-refractivity contribution in [2.75, 3.05) is 5.01 Å². The molecule has 3 aromatic carbocycles. The Morgan fingerprint density at radius 3 is 2.06 bits per heavy atom. The highest BCUT2D eigenvalue weighted by Crippen LogP contribution is 2.41. The summed E-state index contributed by atoms with van der Waals surface area (Å²) in [5.74, 6) is -2.02. The van der Waals surface area contributed by atoms with Crippen LogP contribution in [0.1, 0.15) is 27.4 Å². The Morgan fingerprint density at radius 1 is 0.903 bits per heavy atom. The van der Waals surface area contributed by atoms with Crippen LogP contribution in [-0.2, 0) is 4.74 Å². The molecule has 31 heavy (non-hydrogen) atoms. The minimum Gasteiger partial charge on any atom is -0.435 e. The Hall–Kier alpha value is -3.61. The van der Waals surface area contributed by atoms with Gasteiger partial charge in [0.05, 0.1) is 17.2 Å². The highest BCUT2D eigenvalue weighted by molar-refractivity contribution is 6.00. The SMILES string of the molecule is Cc1ccc(N2N=C(C(F)(F)F)C(c3ccccc3)C2OC(=O)c2ccccc2)cc1. The molecule has 0 spiro atoms. The molecule has 0 radical (unpaired) electrons. The van der Waals surface area contributed by atoms with Crippen LogP contribution in [0.15, 0.2) is 90.0 Å². The fourth-order valence-electron chi connectivity index (χ4n) is 3.50. The van der Waals surface area contributed by atoms with Gasteiger partial charge in [0.2, 0.25) is 6.23 Å². The van der Waals surface area contributed by atoms with Crippen molar-refractivity contribution in [3.8, 4) is 0 Å². The van der Waals surface area contributed by atoms with Crippen LogP contribution in [-0.4, -0.2) is 24.1 Å². The van der Waals surface area contributed by atoms with Crippen LogP contribution in [0.5, 0.6) is 0 Å². The van der Waals surface area contributed by atoms with E-state index >= 15 is 0 Å². The van der Waals surface area contributed by atoms with Gasteiger partial charge in [-0.3, -0.25) is 0 Å². The average molecular weight is 424 g/mol. The molecule has 0 saturated carbocycles. The Morgan fingerprint density at radius 2 is 1.48 bits per heavy atom. The number of carbonyl (C=O) groups is 1. The van der Waals surface area contributed by atoms with E-state index in [1.54, 1.807) is 84.9 Å². The molecule has 2 unspecified atom stereocenters. The second-order valence-electron chi connectivity index (χ2n) is 7.21. The molecular formula is C24H19F3N2O2. The summed E-state index contributed by atoms with van der Waals surface area (Å²) in [6, 6.07) is 23.2. The average Bonchev–Trinajstić information content (AvgIpc) is 3.15. The maximum Gasteiger partial charge on any atom is 0.432 e. The minimum atomic E-state index is -4.70. The Bertz CT molecular complexity index is 1080. The van der Waals surface area contributed by atoms with Crippen molar-refractivity contribution in [2.24, 2.45) is 5.10 Å². The van der Waals surface area contributed by atoms with E-state index in [1.807, 2.05) is 6.92 Å². The number of halogens is 3. The maximum atomic E-state index is 14.0. The third-order valence-electron chi connectivity index (χ3n) is 5.02. The number of benzene rings is 3. The van der Waals surface area contributed by atoms with E-state index in [0.29, 0.717) is 11.3 Å². The van der Waals surface area contributed by atoms with Gasteiger partial charge in [-0.15, -0.1) is 0 Å². The van der Waals surface area contributed by atoms with Crippen molar-refractivity contribution in [2.45, 2.75) is 25.2 Å². The lowest BCUT2D eigenvalue weighted by Crippen LogP contribution is -2.39. The van der Waals surface area contributed by atoms with Gasteiger partial charge in [-0.2, -0.15) is 18.3 Å². The van der Waals surface area contributed by atoms with E-state index in [9.17, 15) is 18.0 Å². The van der Waals surface area contributed by atoms with Gasteiger partial charge in [-0.25, -0.2) is 9.80 Å². The van der Waals surface area contributed by atoms with Crippen LogP contribution >= 0.6 is 0 Å². The van der Waals surface area contributed by atoms with Gasteiger partial charge in [0.25, 0.3) is 0 Å². The minimum absolute atomic E-state index is 0.249. The van der Waals surface area contributed by atoms with Crippen LogP contribution in [0.2, 0.25) is 0 Å². The van der Waals surface area contributed by atoms with Gasteiger partial charge in [0, 0.05) is 0 Å². The normalized spacial score (nSPS) is 18.6. The summed E-state index contributed by atoms with van der Waals surface area (Å²) in [5.41, 5.74) is 0.944. The zero-order chi connectivity index (χ0) is 22.0. The number of aryl methyl sites for hydroxylation is 1. The number of alkyl halides is 3. The number of hydrogen-bond acceptors (Lipinski definition) is 4. The first-order chi connectivity index (χ1) is 14.8. The number of nitrogens with zero attached hydrogens (tertiary/aromatic N) is 2. The summed E-state index contributed by atoms with van der Waals surface area (Å²) in [6.07, 6.45) is -5.99. The molecular weight excluding hydrogens is 405 g/mol. The van der Waals surface area contributed by atoms with Gasteiger partial charge in [0.15, 0.2) is 5.71 Å². The van der Waals surface area contributed by atoms with Crippen LogP contribution in [0.3, 0.4) is 0 Å². The van der Waals surface area contributed by atoms with E-state index in [0.717, 1.165) is 10.6 Å². The van der Waals surface area contributed by atoms with Crippen LogP contribution < -0.4 is 5.01 Å². The number of hydrazone groups is 1. The lowest BCUT2D eigenvalue weighted by molar-refractivity contribution is -0.0622. The van der Waals surface area contributed by atoms with Gasteiger partial charge < -0.3 is 4.74 Å². The number of esters is 1. The molecule has 7 heteroatoms. The predicted molar refractivity (Wildman–Crippen MR) is 112 cm³/mol. The fourth-order valence-corrected chi connectivity index (χ4v) is 3.50. The van der Waals surface area contributed by atoms with E-state index in [1.165, 1.54) is 0 Å². The topological polar surface area (TPSA) is 41.9 Å². The van der Waals surface area contributed by atoms with Gasteiger partial charge in [-0.05, 0) is 36.8 Å². The highest BCUT2D eigenvalue weighted by atomic mass is 19.4. The highest BCUT2D eigenvalue weighted by Gasteiger charge is 2.52. The van der Waals surface area contributed by atoms with E-state index in [2.05, 4.69) is 5.10 Å². The molecule has 0 aliphatic carbocycles. The summed E-state index contributed by atoms with van der Waals surface area (Å²) in [7, 11) is 0. The number of anilines is 1. The van der Waals surface area contributed by atoms with Crippen LogP contribution in [0.25, 0.3) is 0 Å². The fraction of sp³-hybridized carbons (Fsp3) is 0.167. The smallest absolute Gasteiger partial charge is 0.432 e. The van der Waals surface area contributed by atoms with E-state index < -0.39 is 30.0 Å². The van der Waals surface area contributed by atoms with E-state index in [4.69, 9.17) is 4.74 Å². The summed E-state index contributed by atoms with van der Waals surface area (Å²) < 4.78 is 47.6. The first kappa shape index (κ1) is 20.7. The second kappa shape index (κ2) is 8.26. The van der Waals surface area contributed by atoms with Crippen molar-refractivity contribution in [1.29, 1.82) is 0 Å². The summed E-state index contributed by atoms with van der Waals surface area (Å²) >= 11 is 0. The molecule has 1 aliphatic rings. The van der Waals surface area contributed by atoms with Crippen LogP contribution in [0, 0.1) is 6.92 Å². The first-order valence-corrected chi connectivity index (χ1v) is 9.67. The van der Waals surface area contributed by atoms with Gasteiger partial charge in [0.1, 0.15) is 0 Å². The number of ether oxygens (including phenoxy) is 1. The maximum absolute atomic E-state index is 14.0. The number of carbonyl (C=O) groups excluding carboxylic acids is 1. The lowest BCUT2D eigenvalue weighted by Gasteiger charge is -2.28. The summed E-state index contributed by atoms with van der Waals surface area (Å²) in [5, 5.41) is 5.03. The molecule has 0 saturated heterocycles. The molecule has 2 atom stereocenters. The molecule has 0 aromatic heterocycles. The Kier molecular flexibility index (Phi) is 5.50. The lowest BCUT2D eigenvalue weighted by atomic mass is 9.92. The molecule has 1 aliphatic heterocycles. The first-order valence-electron chi connectivity index (χ1n) is 9.67. The second-order valence-corrected chi connectivity index (χ2v) is 7.21. The van der Waals surface area contributed by atoms with E-state index in [-0.39, 0.29) is 5.56 Å². The standard InChI is InChI=1S/C24H19F3N2O2/c1-16-12-14-19(15-13-16)29-22(31-23(30)18-10-6-3-7-11-18)20(17-8-4-2-5-9-17)21(28-29)24(25,26)27/h2-15,20,22H,1H3. The monoisotopic (exact) mass is 424 g/mol. The quantitative estimate of drug-likeness (QED) is 0.505. The van der Waals surface area contributed by atoms with Crippen molar-refractivity contribution in [3.05, 3.63) is 102 Å². The van der Waals surface area contributed by atoms with Gasteiger partial charge in [-0.1, -0.05) is 66.2 Å². The summed E-state index contributed by atoms with van der Waals surface area (Å²) in [4.78, 5) is 12.8. The molecule has 0 bridgehead atoms. The largest absolute Gasteiger partial charge is 0.435 e. The Balaban J connectivity index is 1.80. The zero-order valence-corrected chi connectivity index (χ0v) is 16.6. The van der Waals surface area contributed by atoms with Crippen molar-refractivity contribution < 1.29 is 22.7 Å². The molecule has 158 valence electrons. The van der Waals surface area contributed by atoms with Crippen LogP contribution in [0.4, 0.5) is 18.9 Å². The molecule has 0 amide bonds. The molecule has 1 heterocycles. The number of rotatable bonds is 4. The molecule has 0 N–H and O–H groups in total. The van der Waals surface area contributed by atoms with Crippen molar-refractivity contribution in [3.63, 3.8) is 0 Å². The zero-order valence-electron chi connectivity index (χ0n) is 16.6. The molecule has 4 nitrogen and oxygen atoms in total.